The van der Waals surface area contributed by atoms with Gasteiger partial charge in [-0.05, 0) is 36.8 Å². The van der Waals surface area contributed by atoms with Gasteiger partial charge in [-0.1, -0.05) is 84.1 Å². The lowest BCUT2D eigenvalue weighted by Crippen LogP contribution is -2.29. The van der Waals surface area contributed by atoms with E-state index in [1.54, 1.807) is 30.3 Å². The number of thiocarbonyl (C=S) groups is 1. The smallest absolute Gasteiger partial charge is 0.339 e. The molecule has 4 rings (SSSR count). The van der Waals surface area contributed by atoms with Crippen LogP contribution in [-0.4, -0.2) is 23.3 Å². The minimum absolute atomic E-state index is 0.277. The molecule has 1 amide bonds. The second-order valence-electron chi connectivity index (χ2n) is 7.34. The summed E-state index contributed by atoms with van der Waals surface area (Å²) in [6, 6.07) is 22.4. The SMILES string of the molecule is COC(=O)c1ccccc1N1C(=O)/C(=C/c2ccccc2OCc2ccc(C)cc2)SC1=S. The average molecular weight is 476 g/mol. The third-order valence-electron chi connectivity index (χ3n) is 5.06. The predicted octanol–water partition coefficient (Wildman–Crippen LogP) is 5.77. The number of hydrogen-bond donors (Lipinski definition) is 0. The normalized spacial score (nSPS) is 14.6. The summed E-state index contributed by atoms with van der Waals surface area (Å²) in [4.78, 5) is 27.3. The molecule has 0 saturated carbocycles. The van der Waals surface area contributed by atoms with E-state index < -0.39 is 5.97 Å². The lowest BCUT2D eigenvalue weighted by atomic mass is 10.1. The third kappa shape index (κ3) is 4.99. The number of nitrogens with zero attached hydrogens (tertiary/aromatic N) is 1. The number of carbonyl (C=O) groups excluding carboxylic acids is 2. The lowest BCUT2D eigenvalue weighted by Gasteiger charge is -2.17. The summed E-state index contributed by atoms with van der Waals surface area (Å²) in [7, 11) is 1.30. The van der Waals surface area contributed by atoms with Gasteiger partial charge >= 0.3 is 5.97 Å². The summed E-state index contributed by atoms with van der Waals surface area (Å²) in [5.41, 5.74) is 3.70. The highest BCUT2D eigenvalue weighted by atomic mass is 32.2. The van der Waals surface area contributed by atoms with E-state index in [9.17, 15) is 9.59 Å². The van der Waals surface area contributed by atoms with Crippen LogP contribution < -0.4 is 9.64 Å². The molecule has 7 heteroatoms. The Labute approximate surface area is 202 Å². The zero-order valence-electron chi connectivity index (χ0n) is 18.1. The first-order valence-electron chi connectivity index (χ1n) is 10.2. The van der Waals surface area contributed by atoms with Crippen molar-refractivity contribution in [3.05, 3.63) is 100.0 Å². The van der Waals surface area contributed by atoms with Crippen LogP contribution in [0.5, 0.6) is 5.75 Å². The molecule has 1 heterocycles. The fraction of sp³-hybridized carbons (Fsp3) is 0.115. The molecule has 1 saturated heterocycles. The van der Waals surface area contributed by atoms with Crippen LogP contribution in [0.3, 0.4) is 0 Å². The van der Waals surface area contributed by atoms with Gasteiger partial charge in [0.1, 0.15) is 12.4 Å². The van der Waals surface area contributed by atoms with Crippen molar-refractivity contribution in [2.75, 3.05) is 12.0 Å². The first-order valence-corrected chi connectivity index (χ1v) is 11.4. The van der Waals surface area contributed by atoms with E-state index in [1.165, 1.54) is 29.3 Å². The molecule has 166 valence electrons. The van der Waals surface area contributed by atoms with Crippen molar-refractivity contribution in [2.45, 2.75) is 13.5 Å². The number of carbonyl (C=O) groups is 2. The molecule has 3 aromatic rings. The molecule has 33 heavy (non-hydrogen) atoms. The minimum atomic E-state index is -0.529. The Morgan fingerprint density at radius 1 is 1.03 bits per heavy atom. The summed E-state index contributed by atoms with van der Waals surface area (Å²) in [5.74, 6) is -0.161. The molecule has 3 aromatic carbocycles. The van der Waals surface area contributed by atoms with Gasteiger partial charge in [-0.15, -0.1) is 0 Å². The topological polar surface area (TPSA) is 55.8 Å². The van der Waals surface area contributed by atoms with E-state index >= 15 is 0 Å². The van der Waals surface area contributed by atoms with Crippen molar-refractivity contribution in [3.63, 3.8) is 0 Å². The Bertz CT molecular complexity index is 1250. The molecule has 0 radical (unpaired) electrons. The van der Waals surface area contributed by atoms with Gasteiger partial charge in [0, 0.05) is 5.56 Å². The maximum absolute atomic E-state index is 13.3. The second kappa shape index (κ2) is 10.0. The van der Waals surface area contributed by atoms with Crippen molar-refractivity contribution < 1.29 is 19.1 Å². The van der Waals surface area contributed by atoms with Gasteiger partial charge in [0.05, 0.1) is 23.3 Å². The fourth-order valence-corrected chi connectivity index (χ4v) is 4.62. The Kier molecular flexibility index (Phi) is 6.91. The Morgan fingerprint density at radius 2 is 1.73 bits per heavy atom. The number of hydrogen-bond acceptors (Lipinski definition) is 6. The molecule has 0 aromatic heterocycles. The number of methoxy groups -OCH3 is 1. The Hall–Kier alpha value is -3.42. The molecule has 1 fully saturated rings. The monoisotopic (exact) mass is 475 g/mol. The highest BCUT2D eigenvalue weighted by molar-refractivity contribution is 8.27. The second-order valence-corrected chi connectivity index (χ2v) is 9.01. The van der Waals surface area contributed by atoms with Gasteiger partial charge < -0.3 is 9.47 Å². The van der Waals surface area contributed by atoms with E-state index in [0.717, 1.165) is 11.1 Å². The number of amides is 1. The van der Waals surface area contributed by atoms with E-state index in [0.29, 0.717) is 27.3 Å². The summed E-state index contributed by atoms with van der Waals surface area (Å²) < 4.78 is 11.2. The molecule has 0 spiro atoms. The Morgan fingerprint density at radius 3 is 2.48 bits per heavy atom. The number of para-hydroxylation sites is 2. The van der Waals surface area contributed by atoms with Gasteiger partial charge in [-0.3, -0.25) is 9.69 Å². The number of benzene rings is 3. The van der Waals surface area contributed by atoms with Crippen LogP contribution in [-0.2, 0) is 16.1 Å². The molecule has 0 unspecified atom stereocenters. The summed E-state index contributed by atoms with van der Waals surface area (Å²) in [6.07, 6.45) is 1.77. The van der Waals surface area contributed by atoms with Crippen molar-refractivity contribution in [3.8, 4) is 5.75 Å². The highest BCUT2D eigenvalue weighted by Gasteiger charge is 2.35. The quantitative estimate of drug-likeness (QED) is 0.256. The van der Waals surface area contributed by atoms with Crippen LogP contribution in [0.25, 0.3) is 6.08 Å². The number of thioether (sulfide) groups is 1. The van der Waals surface area contributed by atoms with E-state index in [1.807, 2.05) is 55.5 Å². The summed E-state index contributed by atoms with van der Waals surface area (Å²) in [6.45, 7) is 2.46. The number of aryl methyl sites for hydroxylation is 1. The molecule has 1 aliphatic rings. The average Bonchev–Trinajstić information content (AvgIpc) is 3.11. The largest absolute Gasteiger partial charge is 0.488 e. The maximum atomic E-state index is 13.3. The maximum Gasteiger partial charge on any atom is 0.339 e. The molecular formula is C26H21NO4S2. The molecule has 1 aliphatic heterocycles. The fourth-order valence-electron chi connectivity index (χ4n) is 3.34. The minimum Gasteiger partial charge on any atom is -0.488 e. The Balaban J connectivity index is 1.60. The van der Waals surface area contributed by atoms with Gasteiger partial charge in [0.25, 0.3) is 5.91 Å². The van der Waals surface area contributed by atoms with Crippen LogP contribution >= 0.6 is 24.0 Å². The van der Waals surface area contributed by atoms with Crippen molar-refractivity contribution in [1.29, 1.82) is 0 Å². The van der Waals surface area contributed by atoms with Crippen LogP contribution in [0.4, 0.5) is 5.69 Å². The first kappa shape index (κ1) is 22.8. The van der Waals surface area contributed by atoms with E-state index in [2.05, 4.69) is 0 Å². The molecule has 0 bridgehead atoms. The van der Waals surface area contributed by atoms with E-state index in [-0.39, 0.29) is 11.5 Å². The molecular weight excluding hydrogens is 454 g/mol. The highest BCUT2D eigenvalue weighted by Crippen LogP contribution is 2.38. The van der Waals surface area contributed by atoms with E-state index in [4.69, 9.17) is 21.7 Å². The first-order chi connectivity index (χ1) is 16.0. The third-order valence-corrected chi connectivity index (χ3v) is 6.37. The van der Waals surface area contributed by atoms with Gasteiger partial charge in [0.2, 0.25) is 0 Å². The number of rotatable bonds is 6. The number of anilines is 1. The predicted molar refractivity (Wildman–Crippen MR) is 135 cm³/mol. The summed E-state index contributed by atoms with van der Waals surface area (Å²) in [5, 5.41) is 0. The van der Waals surface area contributed by atoms with Crippen molar-refractivity contribution in [1.82, 2.24) is 0 Å². The molecule has 0 N–H and O–H groups in total. The van der Waals surface area contributed by atoms with Crippen LogP contribution in [0, 0.1) is 6.92 Å². The summed E-state index contributed by atoms with van der Waals surface area (Å²) >= 11 is 6.66. The van der Waals surface area contributed by atoms with Crippen LogP contribution in [0.1, 0.15) is 27.0 Å². The van der Waals surface area contributed by atoms with Crippen molar-refractivity contribution >= 4 is 51.9 Å². The van der Waals surface area contributed by atoms with Crippen molar-refractivity contribution in [2.24, 2.45) is 0 Å². The number of esters is 1. The zero-order valence-corrected chi connectivity index (χ0v) is 19.7. The number of ether oxygens (including phenoxy) is 2. The van der Waals surface area contributed by atoms with Gasteiger partial charge in [0.15, 0.2) is 4.32 Å². The molecule has 5 nitrogen and oxygen atoms in total. The lowest BCUT2D eigenvalue weighted by molar-refractivity contribution is -0.113. The van der Waals surface area contributed by atoms with Gasteiger partial charge in [-0.25, -0.2) is 4.79 Å². The molecule has 0 atom stereocenters. The van der Waals surface area contributed by atoms with Crippen LogP contribution in [0.15, 0.2) is 77.7 Å². The zero-order chi connectivity index (χ0) is 23.4. The molecule has 0 aliphatic carbocycles. The standard InChI is InChI=1S/C26H21NO4S2/c1-17-11-13-18(14-12-17)16-31-22-10-6-3-7-19(22)15-23-24(28)27(26(32)33-23)21-9-5-4-8-20(21)25(29)30-2/h3-15H,16H2,1-2H3/b23-15-. The van der Waals surface area contributed by atoms with Gasteiger partial charge in [-0.2, -0.15) is 0 Å². The van der Waals surface area contributed by atoms with Crippen LogP contribution in [0.2, 0.25) is 0 Å².